The molecule has 0 bridgehead atoms. The van der Waals surface area contributed by atoms with Crippen LogP contribution in [0, 0.1) is 6.92 Å². The lowest BCUT2D eigenvalue weighted by molar-refractivity contribution is 0.195. The highest BCUT2D eigenvalue weighted by Crippen LogP contribution is 2.21. The lowest BCUT2D eigenvalue weighted by Gasteiger charge is -2.38. The smallest absolute Gasteiger partial charge is 0.132 e. The Morgan fingerprint density at radius 3 is 2.95 bits per heavy atom. The lowest BCUT2D eigenvalue weighted by Crippen LogP contribution is -2.46. The van der Waals surface area contributed by atoms with E-state index in [1.807, 2.05) is 19.4 Å². The molecule has 1 unspecified atom stereocenters. The number of aromatic nitrogens is 4. The van der Waals surface area contributed by atoms with E-state index in [9.17, 15) is 0 Å². The van der Waals surface area contributed by atoms with E-state index in [0.29, 0.717) is 6.04 Å². The first kappa shape index (κ1) is 15.0. The number of aryl methyl sites for hydroxylation is 2. The minimum Gasteiger partial charge on any atom is -0.355 e. The van der Waals surface area contributed by atoms with Gasteiger partial charge in [0, 0.05) is 51.2 Å². The first-order valence-electron chi connectivity index (χ1n) is 7.82. The van der Waals surface area contributed by atoms with E-state index >= 15 is 0 Å². The van der Waals surface area contributed by atoms with Crippen LogP contribution < -0.4 is 4.90 Å². The average Bonchev–Trinajstić information content (AvgIpc) is 2.92. The van der Waals surface area contributed by atoms with Gasteiger partial charge in [-0.3, -0.25) is 4.90 Å². The monoisotopic (exact) mass is 300 g/mol. The summed E-state index contributed by atoms with van der Waals surface area (Å²) in [6.45, 7) is 5.18. The Balaban J connectivity index is 1.66. The van der Waals surface area contributed by atoms with Crippen LogP contribution in [0.5, 0.6) is 0 Å². The third-order valence-corrected chi connectivity index (χ3v) is 4.48. The summed E-state index contributed by atoms with van der Waals surface area (Å²) < 4.78 is 2.10. The van der Waals surface area contributed by atoms with Gasteiger partial charge >= 0.3 is 0 Å². The van der Waals surface area contributed by atoms with Gasteiger partial charge in [0.25, 0.3) is 0 Å². The van der Waals surface area contributed by atoms with Crippen molar-refractivity contribution in [3.05, 3.63) is 36.3 Å². The third kappa shape index (κ3) is 3.27. The summed E-state index contributed by atoms with van der Waals surface area (Å²) in [4.78, 5) is 17.6. The molecule has 1 aliphatic heterocycles. The molecule has 1 fully saturated rings. The summed E-state index contributed by atoms with van der Waals surface area (Å²) in [5.74, 6) is 1.01. The van der Waals surface area contributed by atoms with Crippen molar-refractivity contribution in [2.45, 2.75) is 32.4 Å². The second-order valence-electron chi connectivity index (χ2n) is 6.16. The Hall–Kier alpha value is -1.95. The average molecular weight is 300 g/mol. The van der Waals surface area contributed by atoms with E-state index in [1.54, 1.807) is 6.33 Å². The summed E-state index contributed by atoms with van der Waals surface area (Å²) in [6, 6.07) is 2.55. The van der Waals surface area contributed by atoms with Crippen LogP contribution in [0.3, 0.4) is 0 Å². The Labute approximate surface area is 131 Å². The fraction of sp³-hybridized carbons (Fsp3) is 0.562. The Morgan fingerprint density at radius 1 is 1.36 bits per heavy atom. The normalized spacial score (nSPS) is 19.3. The molecule has 0 radical (unpaired) electrons. The first-order valence-corrected chi connectivity index (χ1v) is 7.82. The van der Waals surface area contributed by atoms with Gasteiger partial charge in [-0.05, 0) is 26.3 Å². The molecule has 0 aromatic carbocycles. The van der Waals surface area contributed by atoms with Crippen LogP contribution in [-0.2, 0) is 13.6 Å². The van der Waals surface area contributed by atoms with Crippen LogP contribution in [0.25, 0.3) is 0 Å². The SMILES string of the molecule is Cc1cc(N(C)C2CCCN(Cc3cncn3C)C2)ncn1. The summed E-state index contributed by atoms with van der Waals surface area (Å²) in [5.41, 5.74) is 2.28. The van der Waals surface area contributed by atoms with Gasteiger partial charge in [-0.25, -0.2) is 15.0 Å². The second kappa shape index (κ2) is 6.44. The number of piperidine rings is 1. The van der Waals surface area contributed by atoms with Crippen LogP contribution in [0.4, 0.5) is 5.82 Å². The number of likely N-dealkylation sites (N-methyl/N-ethyl adjacent to an activating group) is 1. The highest BCUT2D eigenvalue weighted by Gasteiger charge is 2.24. The number of hydrogen-bond donors (Lipinski definition) is 0. The Bertz CT molecular complexity index is 623. The highest BCUT2D eigenvalue weighted by atomic mass is 15.3. The molecule has 118 valence electrons. The van der Waals surface area contributed by atoms with Crippen LogP contribution in [-0.4, -0.2) is 50.6 Å². The zero-order valence-corrected chi connectivity index (χ0v) is 13.6. The molecule has 1 atom stereocenters. The molecule has 6 heteroatoms. The van der Waals surface area contributed by atoms with Gasteiger partial charge in [0.2, 0.25) is 0 Å². The first-order chi connectivity index (χ1) is 10.6. The van der Waals surface area contributed by atoms with Crippen molar-refractivity contribution in [2.75, 3.05) is 25.0 Å². The highest BCUT2D eigenvalue weighted by molar-refractivity contribution is 5.39. The van der Waals surface area contributed by atoms with Gasteiger partial charge in [-0.2, -0.15) is 0 Å². The molecule has 2 aromatic rings. The van der Waals surface area contributed by atoms with Crippen molar-refractivity contribution in [1.82, 2.24) is 24.4 Å². The zero-order chi connectivity index (χ0) is 15.5. The Morgan fingerprint density at radius 2 is 2.23 bits per heavy atom. The minimum absolute atomic E-state index is 0.497. The second-order valence-corrected chi connectivity index (χ2v) is 6.16. The van der Waals surface area contributed by atoms with E-state index in [2.05, 4.69) is 49.5 Å². The predicted octanol–water partition coefficient (Wildman–Crippen LogP) is 1.62. The fourth-order valence-electron chi connectivity index (χ4n) is 3.08. The minimum atomic E-state index is 0.497. The molecule has 0 amide bonds. The maximum Gasteiger partial charge on any atom is 0.132 e. The van der Waals surface area contributed by atoms with Gasteiger partial charge in [0.15, 0.2) is 0 Å². The van der Waals surface area contributed by atoms with E-state index in [1.165, 1.54) is 18.5 Å². The quantitative estimate of drug-likeness (QED) is 0.859. The standard InChI is InChI=1S/C16H24N6/c1-13-7-16(19-11-18-13)21(3)14-5-4-6-22(9-14)10-15-8-17-12-20(15)2/h7-8,11-12,14H,4-6,9-10H2,1-3H3. The van der Waals surface area contributed by atoms with E-state index < -0.39 is 0 Å². The lowest BCUT2D eigenvalue weighted by atomic mass is 10.0. The van der Waals surface area contributed by atoms with Crippen molar-refractivity contribution in [2.24, 2.45) is 7.05 Å². The molecule has 22 heavy (non-hydrogen) atoms. The number of imidazole rings is 1. The van der Waals surface area contributed by atoms with Gasteiger partial charge in [-0.15, -0.1) is 0 Å². The third-order valence-electron chi connectivity index (χ3n) is 4.48. The topological polar surface area (TPSA) is 50.1 Å². The number of rotatable bonds is 4. The summed E-state index contributed by atoms with van der Waals surface area (Å²) >= 11 is 0. The van der Waals surface area contributed by atoms with Gasteiger partial charge in [0.1, 0.15) is 12.1 Å². The molecular formula is C16H24N6. The number of hydrogen-bond acceptors (Lipinski definition) is 5. The summed E-state index contributed by atoms with van der Waals surface area (Å²) in [5, 5.41) is 0. The molecule has 1 aliphatic rings. The maximum atomic E-state index is 4.41. The van der Waals surface area contributed by atoms with E-state index in [-0.39, 0.29) is 0 Å². The van der Waals surface area contributed by atoms with Crippen molar-refractivity contribution < 1.29 is 0 Å². The van der Waals surface area contributed by atoms with Crippen LogP contribution in [0.1, 0.15) is 24.2 Å². The van der Waals surface area contributed by atoms with Crippen LogP contribution in [0.2, 0.25) is 0 Å². The molecule has 2 aromatic heterocycles. The van der Waals surface area contributed by atoms with E-state index in [4.69, 9.17) is 0 Å². The molecule has 0 aliphatic carbocycles. The molecular weight excluding hydrogens is 276 g/mol. The zero-order valence-electron chi connectivity index (χ0n) is 13.6. The van der Waals surface area contributed by atoms with Crippen molar-refractivity contribution >= 4 is 5.82 Å². The van der Waals surface area contributed by atoms with Gasteiger partial charge in [0.05, 0.1) is 12.0 Å². The molecule has 1 saturated heterocycles. The number of likely N-dealkylation sites (tertiary alicyclic amines) is 1. The number of nitrogens with zero attached hydrogens (tertiary/aromatic N) is 6. The summed E-state index contributed by atoms with van der Waals surface area (Å²) in [7, 11) is 4.19. The van der Waals surface area contributed by atoms with Crippen molar-refractivity contribution in [1.29, 1.82) is 0 Å². The largest absolute Gasteiger partial charge is 0.355 e. The fourth-order valence-corrected chi connectivity index (χ4v) is 3.08. The van der Waals surface area contributed by atoms with Crippen molar-refractivity contribution in [3.63, 3.8) is 0 Å². The molecule has 0 N–H and O–H groups in total. The van der Waals surface area contributed by atoms with Crippen LogP contribution in [0.15, 0.2) is 24.9 Å². The molecule has 3 rings (SSSR count). The molecule has 0 spiro atoms. The Kier molecular flexibility index (Phi) is 4.38. The molecule has 6 nitrogen and oxygen atoms in total. The van der Waals surface area contributed by atoms with Gasteiger partial charge in [-0.1, -0.05) is 0 Å². The van der Waals surface area contributed by atoms with E-state index in [0.717, 1.165) is 31.1 Å². The maximum absolute atomic E-state index is 4.41. The van der Waals surface area contributed by atoms with Gasteiger partial charge < -0.3 is 9.47 Å². The van der Waals surface area contributed by atoms with Crippen molar-refractivity contribution in [3.8, 4) is 0 Å². The number of anilines is 1. The molecule has 3 heterocycles. The molecule has 0 saturated carbocycles. The van der Waals surface area contributed by atoms with Crippen LogP contribution >= 0.6 is 0 Å². The summed E-state index contributed by atoms with van der Waals surface area (Å²) in [6.07, 6.45) is 7.91. The predicted molar refractivity (Wildman–Crippen MR) is 86.7 cm³/mol.